The number of fused-ring (bicyclic) bond motifs is 1. The summed E-state index contributed by atoms with van der Waals surface area (Å²) < 4.78 is 44.9. The van der Waals surface area contributed by atoms with Gasteiger partial charge in [0.05, 0.1) is 22.8 Å². The zero-order valence-corrected chi connectivity index (χ0v) is 18.4. The van der Waals surface area contributed by atoms with Crippen LogP contribution in [0.2, 0.25) is 0 Å². The van der Waals surface area contributed by atoms with Gasteiger partial charge in [0.25, 0.3) is 0 Å². The molecule has 0 unspecified atom stereocenters. The van der Waals surface area contributed by atoms with Crippen molar-refractivity contribution in [1.82, 2.24) is 4.98 Å². The third kappa shape index (κ3) is 4.43. The van der Waals surface area contributed by atoms with E-state index in [0.717, 1.165) is 17.3 Å². The standard InChI is InChI=1S/C26H19F3N4O2/c27-26(28,29)20-2-1-3-22(14-20)33-10-8-32(9-11-33)21-6-4-18(5-7-21)25-31-23-13-17(15-30)12-19(16-34)24(23)35-25/h1-7,12-14,16H,8-11H2. The number of halogens is 3. The van der Waals surface area contributed by atoms with Gasteiger partial charge in [0.2, 0.25) is 5.89 Å². The summed E-state index contributed by atoms with van der Waals surface area (Å²) in [7, 11) is 0. The minimum Gasteiger partial charge on any atom is -0.435 e. The molecule has 0 spiro atoms. The molecule has 2 heterocycles. The first kappa shape index (κ1) is 22.5. The van der Waals surface area contributed by atoms with E-state index in [1.165, 1.54) is 18.2 Å². The Balaban J connectivity index is 1.30. The SMILES string of the molecule is N#Cc1cc(C=O)c2oc(-c3ccc(N4CCN(c5cccc(C(F)(F)F)c5)CC4)cc3)nc2c1. The summed E-state index contributed by atoms with van der Waals surface area (Å²) in [5, 5.41) is 9.14. The Kier molecular flexibility index (Phi) is 5.65. The lowest BCUT2D eigenvalue weighted by atomic mass is 10.1. The summed E-state index contributed by atoms with van der Waals surface area (Å²) in [6, 6.07) is 18.1. The fourth-order valence-electron chi connectivity index (χ4n) is 4.25. The van der Waals surface area contributed by atoms with Gasteiger partial charge in [-0.05, 0) is 54.6 Å². The number of alkyl halides is 3. The highest BCUT2D eigenvalue weighted by Gasteiger charge is 2.31. The van der Waals surface area contributed by atoms with Gasteiger partial charge in [0.1, 0.15) is 5.52 Å². The Morgan fingerprint density at radius 3 is 2.26 bits per heavy atom. The zero-order chi connectivity index (χ0) is 24.6. The number of nitrogens with zero attached hydrogens (tertiary/aromatic N) is 4. The number of hydrogen-bond donors (Lipinski definition) is 0. The van der Waals surface area contributed by atoms with Crippen LogP contribution in [0.4, 0.5) is 24.5 Å². The van der Waals surface area contributed by atoms with E-state index < -0.39 is 11.7 Å². The summed E-state index contributed by atoms with van der Waals surface area (Å²) >= 11 is 0. The fraction of sp³-hybridized carbons (Fsp3) is 0.192. The van der Waals surface area contributed by atoms with Crippen LogP contribution in [-0.2, 0) is 6.18 Å². The average Bonchev–Trinajstić information content (AvgIpc) is 3.32. The van der Waals surface area contributed by atoms with E-state index in [9.17, 15) is 18.0 Å². The molecule has 0 saturated carbocycles. The highest BCUT2D eigenvalue weighted by molar-refractivity contribution is 5.94. The van der Waals surface area contributed by atoms with Crippen molar-refractivity contribution in [3.05, 3.63) is 77.4 Å². The molecule has 4 aromatic rings. The van der Waals surface area contributed by atoms with Gasteiger partial charge in [-0.1, -0.05) is 6.07 Å². The van der Waals surface area contributed by atoms with Crippen LogP contribution in [0.5, 0.6) is 0 Å². The summed E-state index contributed by atoms with van der Waals surface area (Å²) in [5.41, 5.74) is 3.01. The molecule has 1 aromatic heterocycles. The molecule has 3 aromatic carbocycles. The highest BCUT2D eigenvalue weighted by Crippen LogP contribution is 2.33. The molecule has 0 amide bonds. The number of hydrogen-bond acceptors (Lipinski definition) is 6. The second-order valence-corrected chi connectivity index (χ2v) is 8.23. The highest BCUT2D eigenvalue weighted by atomic mass is 19.4. The van der Waals surface area contributed by atoms with E-state index in [0.29, 0.717) is 60.7 Å². The van der Waals surface area contributed by atoms with Crippen molar-refractivity contribution in [3.63, 3.8) is 0 Å². The third-order valence-corrected chi connectivity index (χ3v) is 6.07. The number of carbonyl (C=O) groups is 1. The van der Waals surface area contributed by atoms with E-state index >= 15 is 0 Å². The Morgan fingerprint density at radius 1 is 0.943 bits per heavy atom. The molecule has 9 heteroatoms. The molecule has 1 aliphatic rings. The van der Waals surface area contributed by atoms with Crippen LogP contribution in [0.3, 0.4) is 0 Å². The maximum Gasteiger partial charge on any atom is 0.416 e. The molecule has 6 nitrogen and oxygen atoms in total. The topological polar surface area (TPSA) is 73.4 Å². The fourth-order valence-corrected chi connectivity index (χ4v) is 4.25. The first-order valence-electron chi connectivity index (χ1n) is 10.9. The van der Waals surface area contributed by atoms with Crippen molar-refractivity contribution in [1.29, 1.82) is 5.26 Å². The van der Waals surface area contributed by atoms with Crippen LogP contribution in [0.25, 0.3) is 22.6 Å². The van der Waals surface area contributed by atoms with Crippen molar-refractivity contribution >= 4 is 28.8 Å². The first-order chi connectivity index (χ1) is 16.9. The summed E-state index contributed by atoms with van der Waals surface area (Å²) in [6.45, 7) is 2.53. The molecule has 1 saturated heterocycles. The predicted molar refractivity (Wildman–Crippen MR) is 125 cm³/mol. The summed E-state index contributed by atoms with van der Waals surface area (Å²) in [4.78, 5) is 19.9. The van der Waals surface area contributed by atoms with Crippen molar-refractivity contribution in [2.45, 2.75) is 6.18 Å². The minimum absolute atomic E-state index is 0.271. The minimum atomic E-state index is -4.36. The molecule has 1 aliphatic heterocycles. The molecule has 1 fully saturated rings. The Hall–Kier alpha value is -4.32. The molecule has 0 atom stereocenters. The van der Waals surface area contributed by atoms with Gasteiger partial charge in [-0.25, -0.2) is 4.98 Å². The van der Waals surface area contributed by atoms with Gasteiger partial charge in [-0.15, -0.1) is 0 Å². The lowest BCUT2D eigenvalue weighted by molar-refractivity contribution is -0.137. The maximum absolute atomic E-state index is 13.0. The van der Waals surface area contributed by atoms with Gasteiger partial charge in [-0.3, -0.25) is 4.79 Å². The normalized spacial score (nSPS) is 14.2. The molecule has 176 valence electrons. The number of piperazine rings is 1. The molecule has 35 heavy (non-hydrogen) atoms. The number of anilines is 2. The van der Waals surface area contributed by atoms with Gasteiger partial charge < -0.3 is 14.2 Å². The van der Waals surface area contributed by atoms with Gasteiger partial charge in [-0.2, -0.15) is 18.4 Å². The summed E-state index contributed by atoms with van der Waals surface area (Å²) in [6.07, 6.45) is -3.72. The quantitative estimate of drug-likeness (QED) is 0.361. The van der Waals surface area contributed by atoms with Crippen molar-refractivity contribution < 1.29 is 22.4 Å². The number of aromatic nitrogens is 1. The molecular formula is C26H19F3N4O2. The Bertz CT molecular complexity index is 1430. The monoisotopic (exact) mass is 476 g/mol. The van der Waals surface area contributed by atoms with E-state index in [-0.39, 0.29) is 5.56 Å². The molecule has 0 bridgehead atoms. The lowest BCUT2D eigenvalue weighted by Crippen LogP contribution is -2.46. The molecule has 0 aliphatic carbocycles. The Labute approximate surface area is 198 Å². The van der Waals surface area contributed by atoms with Crippen LogP contribution >= 0.6 is 0 Å². The van der Waals surface area contributed by atoms with Gasteiger partial charge >= 0.3 is 6.18 Å². The number of oxazole rings is 1. The Morgan fingerprint density at radius 2 is 1.63 bits per heavy atom. The smallest absolute Gasteiger partial charge is 0.416 e. The largest absolute Gasteiger partial charge is 0.435 e. The predicted octanol–water partition coefficient (Wildman–Crippen LogP) is 5.52. The number of nitriles is 1. The maximum atomic E-state index is 13.0. The summed E-state index contributed by atoms with van der Waals surface area (Å²) in [5.74, 6) is 0.346. The second-order valence-electron chi connectivity index (χ2n) is 8.23. The van der Waals surface area contributed by atoms with Crippen LogP contribution in [0, 0.1) is 11.3 Å². The van der Waals surface area contributed by atoms with Crippen molar-refractivity contribution in [2.24, 2.45) is 0 Å². The van der Waals surface area contributed by atoms with Crippen LogP contribution < -0.4 is 9.80 Å². The zero-order valence-electron chi connectivity index (χ0n) is 18.4. The van der Waals surface area contributed by atoms with E-state index in [4.69, 9.17) is 9.68 Å². The van der Waals surface area contributed by atoms with Crippen LogP contribution in [0.15, 0.2) is 65.1 Å². The van der Waals surface area contributed by atoms with Crippen LogP contribution in [-0.4, -0.2) is 37.4 Å². The van der Waals surface area contributed by atoms with Crippen molar-refractivity contribution in [3.8, 4) is 17.5 Å². The molecular weight excluding hydrogens is 457 g/mol. The molecule has 5 rings (SSSR count). The number of aldehydes is 1. The van der Waals surface area contributed by atoms with Crippen LogP contribution in [0.1, 0.15) is 21.5 Å². The first-order valence-corrected chi connectivity index (χ1v) is 10.9. The van der Waals surface area contributed by atoms with E-state index in [1.54, 1.807) is 12.1 Å². The molecule has 0 radical (unpaired) electrons. The van der Waals surface area contributed by atoms with E-state index in [2.05, 4.69) is 9.88 Å². The van der Waals surface area contributed by atoms with E-state index in [1.807, 2.05) is 35.2 Å². The second kappa shape index (κ2) is 8.80. The van der Waals surface area contributed by atoms with Gasteiger partial charge in [0.15, 0.2) is 11.9 Å². The van der Waals surface area contributed by atoms with Gasteiger partial charge in [0, 0.05) is 43.1 Å². The van der Waals surface area contributed by atoms with Crippen molar-refractivity contribution in [2.75, 3.05) is 36.0 Å². The number of carbonyl (C=O) groups excluding carboxylic acids is 1. The third-order valence-electron chi connectivity index (χ3n) is 6.07. The number of rotatable bonds is 4. The molecule has 0 N–H and O–H groups in total. The lowest BCUT2D eigenvalue weighted by Gasteiger charge is -2.37. The average molecular weight is 476 g/mol. The number of benzene rings is 3.